The van der Waals surface area contributed by atoms with Gasteiger partial charge >= 0.3 is 0 Å². The molecule has 1 heterocycles. The quantitative estimate of drug-likeness (QED) is 0.479. The van der Waals surface area contributed by atoms with Gasteiger partial charge in [-0.3, -0.25) is 4.99 Å². The zero-order valence-electron chi connectivity index (χ0n) is 11.8. The van der Waals surface area contributed by atoms with Gasteiger partial charge in [0.25, 0.3) is 0 Å². The fourth-order valence-electron chi connectivity index (χ4n) is 2.23. The van der Waals surface area contributed by atoms with E-state index in [0.717, 1.165) is 26.1 Å². The van der Waals surface area contributed by atoms with Crippen LogP contribution in [0, 0.1) is 0 Å². The van der Waals surface area contributed by atoms with Crippen molar-refractivity contribution in [2.75, 3.05) is 26.2 Å². The van der Waals surface area contributed by atoms with Gasteiger partial charge in [-0.15, -0.1) is 0 Å². The second kappa shape index (κ2) is 10.1. The van der Waals surface area contributed by atoms with Gasteiger partial charge in [0.05, 0.1) is 19.0 Å². The van der Waals surface area contributed by atoms with Crippen LogP contribution >= 0.6 is 0 Å². The van der Waals surface area contributed by atoms with Crippen LogP contribution in [-0.4, -0.2) is 42.1 Å². The monoisotopic (exact) mass is 252 g/mol. The Hall–Kier alpha value is -0.830. The molecule has 0 atom stereocenters. The molecule has 0 aromatic carbocycles. The number of aliphatic hydroxyl groups is 1. The van der Waals surface area contributed by atoms with Crippen molar-refractivity contribution >= 4 is 5.84 Å². The molecule has 0 saturated heterocycles. The SMILES string of the molecule is CCCC/C=C/CCCCC1=NCCN1CCO. The first-order valence-corrected chi connectivity index (χ1v) is 7.42. The Labute approximate surface area is 112 Å². The molecular formula is C15H28N2O. The third-order valence-corrected chi connectivity index (χ3v) is 3.31. The van der Waals surface area contributed by atoms with Gasteiger partial charge in [0.15, 0.2) is 0 Å². The van der Waals surface area contributed by atoms with Crippen LogP contribution in [-0.2, 0) is 0 Å². The summed E-state index contributed by atoms with van der Waals surface area (Å²) in [5, 5.41) is 8.95. The highest BCUT2D eigenvalue weighted by molar-refractivity contribution is 5.83. The minimum absolute atomic E-state index is 0.235. The number of hydrogen-bond acceptors (Lipinski definition) is 3. The second-order valence-electron chi connectivity index (χ2n) is 4.87. The predicted molar refractivity (Wildman–Crippen MR) is 78.1 cm³/mol. The molecule has 0 unspecified atom stereocenters. The van der Waals surface area contributed by atoms with Crippen molar-refractivity contribution in [1.82, 2.24) is 4.90 Å². The largest absolute Gasteiger partial charge is 0.395 e. The Balaban J connectivity index is 2.02. The van der Waals surface area contributed by atoms with Crippen LogP contribution in [0.25, 0.3) is 0 Å². The van der Waals surface area contributed by atoms with Crippen LogP contribution in [0.5, 0.6) is 0 Å². The molecule has 0 aromatic rings. The zero-order chi connectivity index (χ0) is 13.1. The number of allylic oxidation sites excluding steroid dienone is 2. The first-order valence-electron chi connectivity index (χ1n) is 7.42. The molecule has 0 radical (unpaired) electrons. The normalized spacial score (nSPS) is 15.7. The Morgan fingerprint density at radius 3 is 2.72 bits per heavy atom. The average Bonchev–Trinajstić information content (AvgIpc) is 2.81. The van der Waals surface area contributed by atoms with Crippen LogP contribution in [0.15, 0.2) is 17.1 Å². The molecule has 1 N–H and O–H groups in total. The van der Waals surface area contributed by atoms with E-state index in [2.05, 4.69) is 29.0 Å². The average molecular weight is 252 g/mol. The summed E-state index contributed by atoms with van der Waals surface area (Å²) in [5.41, 5.74) is 0. The lowest BCUT2D eigenvalue weighted by Gasteiger charge is -2.18. The lowest BCUT2D eigenvalue weighted by Crippen LogP contribution is -2.30. The number of aliphatic imine (C=N–C) groups is 1. The summed E-state index contributed by atoms with van der Waals surface area (Å²) < 4.78 is 0. The van der Waals surface area contributed by atoms with Gasteiger partial charge in [-0.2, -0.15) is 0 Å². The van der Waals surface area contributed by atoms with Gasteiger partial charge in [0, 0.05) is 19.5 Å². The van der Waals surface area contributed by atoms with E-state index in [0.29, 0.717) is 0 Å². The number of amidine groups is 1. The summed E-state index contributed by atoms with van der Waals surface area (Å²) in [6.45, 7) is 5.11. The standard InChI is InChI=1S/C15H28N2O/c1-2-3-4-5-6-7-8-9-10-15-16-11-12-17(15)13-14-18/h5-6,18H,2-4,7-14H2,1H3/b6-5+. The number of nitrogens with zero attached hydrogens (tertiary/aromatic N) is 2. The molecule has 1 aliphatic heterocycles. The molecular weight excluding hydrogens is 224 g/mol. The summed E-state index contributed by atoms with van der Waals surface area (Å²) in [5.74, 6) is 1.21. The fourth-order valence-corrected chi connectivity index (χ4v) is 2.23. The van der Waals surface area contributed by atoms with E-state index >= 15 is 0 Å². The summed E-state index contributed by atoms with van der Waals surface area (Å²) >= 11 is 0. The smallest absolute Gasteiger partial charge is 0.0991 e. The Morgan fingerprint density at radius 1 is 1.22 bits per heavy atom. The van der Waals surface area contributed by atoms with E-state index in [1.165, 1.54) is 44.4 Å². The molecule has 1 rings (SSSR count). The van der Waals surface area contributed by atoms with Crippen LogP contribution in [0.4, 0.5) is 0 Å². The third-order valence-electron chi connectivity index (χ3n) is 3.31. The van der Waals surface area contributed by atoms with Crippen molar-refractivity contribution in [2.24, 2.45) is 4.99 Å². The van der Waals surface area contributed by atoms with E-state index in [4.69, 9.17) is 5.11 Å². The highest BCUT2D eigenvalue weighted by atomic mass is 16.3. The highest BCUT2D eigenvalue weighted by Gasteiger charge is 2.14. The number of hydrogen-bond donors (Lipinski definition) is 1. The van der Waals surface area contributed by atoms with Crippen LogP contribution in [0.3, 0.4) is 0 Å². The Kier molecular flexibility index (Phi) is 8.57. The highest BCUT2D eigenvalue weighted by Crippen LogP contribution is 2.10. The van der Waals surface area contributed by atoms with Gasteiger partial charge in [-0.05, 0) is 25.7 Å². The van der Waals surface area contributed by atoms with Crippen LogP contribution < -0.4 is 0 Å². The van der Waals surface area contributed by atoms with E-state index in [9.17, 15) is 0 Å². The van der Waals surface area contributed by atoms with Crippen molar-refractivity contribution in [3.05, 3.63) is 12.2 Å². The number of aliphatic hydroxyl groups excluding tert-OH is 1. The summed E-state index contributed by atoms with van der Waals surface area (Å²) in [6, 6.07) is 0. The van der Waals surface area contributed by atoms with E-state index in [1.54, 1.807) is 0 Å². The molecule has 3 nitrogen and oxygen atoms in total. The van der Waals surface area contributed by atoms with Gasteiger partial charge in [0.1, 0.15) is 0 Å². The molecule has 0 aromatic heterocycles. The number of β-amino-alcohol motifs (C(OH)–C–C–N with tert-alkyl or cyclic N) is 1. The fraction of sp³-hybridized carbons (Fsp3) is 0.800. The zero-order valence-corrected chi connectivity index (χ0v) is 11.8. The Morgan fingerprint density at radius 2 is 2.00 bits per heavy atom. The molecule has 18 heavy (non-hydrogen) atoms. The van der Waals surface area contributed by atoms with Gasteiger partial charge in [0.2, 0.25) is 0 Å². The minimum Gasteiger partial charge on any atom is -0.395 e. The van der Waals surface area contributed by atoms with Gasteiger partial charge in [-0.1, -0.05) is 31.9 Å². The molecule has 0 fully saturated rings. The maximum atomic E-state index is 8.95. The molecule has 0 spiro atoms. The van der Waals surface area contributed by atoms with E-state index in [-0.39, 0.29) is 6.61 Å². The topological polar surface area (TPSA) is 35.8 Å². The van der Waals surface area contributed by atoms with Crippen molar-refractivity contribution in [2.45, 2.75) is 51.9 Å². The minimum atomic E-state index is 0.235. The molecule has 104 valence electrons. The molecule has 0 aliphatic carbocycles. The van der Waals surface area contributed by atoms with Gasteiger partial charge in [-0.25, -0.2) is 0 Å². The van der Waals surface area contributed by atoms with Gasteiger partial charge < -0.3 is 10.0 Å². The van der Waals surface area contributed by atoms with E-state index < -0.39 is 0 Å². The number of unbranched alkanes of at least 4 members (excludes halogenated alkanes) is 4. The summed E-state index contributed by atoms with van der Waals surface area (Å²) in [7, 11) is 0. The lowest BCUT2D eigenvalue weighted by atomic mass is 10.1. The second-order valence-corrected chi connectivity index (χ2v) is 4.87. The predicted octanol–water partition coefficient (Wildman–Crippen LogP) is 3.00. The van der Waals surface area contributed by atoms with Crippen LogP contribution in [0.2, 0.25) is 0 Å². The van der Waals surface area contributed by atoms with E-state index in [1.807, 2.05) is 0 Å². The molecule has 0 bridgehead atoms. The summed E-state index contributed by atoms with van der Waals surface area (Å²) in [4.78, 5) is 6.73. The maximum absolute atomic E-state index is 8.95. The van der Waals surface area contributed by atoms with Crippen LogP contribution in [0.1, 0.15) is 51.9 Å². The molecule has 1 aliphatic rings. The molecule has 0 saturated carbocycles. The molecule has 3 heteroatoms. The third kappa shape index (κ3) is 6.20. The Bertz CT molecular complexity index is 261. The van der Waals surface area contributed by atoms with Crippen molar-refractivity contribution in [3.63, 3.8) is 0 Å². The maximum Gasteiger partial charge on any atom is 0.0991 e. The number of rotatable bonds is 10. The first-order chi connectivity index (χ1) is 8.88. The van der Waals surface area contributed by atoms with Crippen molar-refractivity contribution < 1.29 is 5.11 Å². The van der Waals surface area contributed by atoms with Crippen molar-refractivity contribution in [1.29, 1.82) is 0 Å². The van der Waals surface area contributed by atoms with Crippen molar-refractivity contribution in [3.8, 4) is 0 Å². The molecule has 0 amide bonds. The first kappa shape index (κ1) is 15.2. The summed E-state index contributed by atoms with van der Waals surface area (Å²) in [6.07, 6.45) is 13.2. The lowest BCUT2D eigenvalue weighted by molar-refractivity contribution is 0.255.